The molecule has 0 heterocycles. The molecule has 0 aliphatic carbocycles. The fourth-order valence-electron chi connectivity index (χ4n) is 4.36. The van der Waals surface area contributed by atoms with Crippen LogP contribution in [-0.2, 0) is 35.3 Å². The highest BCUT2D eigenvalue weighted by molar-refractivity contribution is 7.89. The lowest BCUT2D eigenvalue weighted by atomic mass is 10.0. The maximum Gasteiger partial charge on any atom is 0.407 e. The summed E-state index contributed by atoms with van der Waals surface area (Å²) in [5, 5.41) is 14.3. The Morgan fingerprint density at radius 1 is 0.939 bits per heavy atom. The molecule has 12 nitrogen and oxygen atoms in total. The van der Waals surface area contributed by atoms with Crippen LogP contribution < -0.4 is 10.0 Å². The van der Waals surface area contributed by atoms with Crippen molar-refractivity contribution in [2.45, 2.75) is 109 Å². The second kappa shape index (κ2) is 18.4. The molecular formula is C35H53N3O9SSi. The first-order valence-corrected chi connectivity index (χ1v) is 20.9. The van der Waals surface area contributed by atoms with Crippen LogP contribution in [0.3, 0.4) is 0 Å². The minimum absolute atomic E-state index is 0.0309. The lowest BCUT2D eigenvalue weighted by Crippen LogP contribution is -2.41. The van der Waals surface area contributed by atoms with Gasteiger partial charge in [0.25, 0.3) is 5.69 Å². The lowest BCUT2D eigenvalue weighted by Gasteiger charge is -2.36. The number of para-hydroxylation sites is 1. The normalized spacial score (nSPS) is 13.9. The maximum absolute atomic E-state index is 13.4. The van der Waals surface area contributed by atoms with E-state index < -0.39 is 63.5 Å². The van der Waals surface area contributed by atoms with Crippen molar-refractivity contribution >= 4 is 36.1 Å². The van der Waals surface area contributed by atoms with Crippen molar-refractivity contribution in [1.29, 1.82) is 0 Å². The third-order valence-electron chi connectivity index (χ3n) is 8.05. The Kier molecular flexibility index (Phi) is 15.6. The summed E-state index contributed by atoms with van der Waals surface area (Å²) in [6.07, 6.45) is 4.07. The number of ether oxygens (including phenoxy) is 2. The first-order valence-electron chi connectivity index (χ1n) is 16.5. The molecule has 0 aliphatic heterocycles. The first kappa shape index (κ1) is 41.6. The van der Waals surface area contributed by atoms with Crippen LogP contribution in [0.15, 0.2) is 71.6 Å². The van der Waals surface area contributed by atoms with Gasteiger partial charge in [0, 0.05) is 25.3 Å². The Morgan fingerprint density at radius 2 is 1.57 bits per heavy atom. The number of nitro groups is 1. The van der Waals surface area contributed by atoms with E-state index in [9.17, 15) is 28.1 Å². The molecule has 2 atom stereocenters. The Balaban J connectivity index is 2.23. The molecule has 0 aliphatic rings. The first-order chi connectivity index (χ1) is 22.7. The van der Waals surface area contributed by atoms with E-state index in [0.29, 0.717) is 25.9 Å². The van der Waals surface area contributed by atoms with Crippen LogP contribution in [0.5, 0.6) is 0 Å². The standard InChI is InChI=1S/C35H53N3O9SSi/c1-34(2,3)47-32(39)28(18-15-25-46-49(7,8)35(4,5)6)22-23-29(37-48(43,44)31-21-13-12-20-30(31)38(41)42)19-14-24-36-33(40)45-26-27-16-10-9-11-17-27/h9-13,16-17,20-23,28-29,37H,14-15,18-19,24-26H2,1-8H3,(H,36,40)/b23-22+/t28-,29+/m1/s1. The smallest absolute Gasteiger partial charge is 0.407 e. The monoisotopic (exact) mass is 719 g/mol. The van der Waals surface area contributed by atoms with E-state index in [2.05, 4.69) is 43.9 Å². The van der Waals surface area contributed by atoms with Gasteiger partial charge in [0.1, 0.15) is 12.2 Å². The number of nitro benzene ring substituents is 1. The molecule has 0 bridgehead atoms. The van der Waals surface area contributed by atoms with Gasteiger partial charge in [0.15, 0.2) is 13.2 Å². The predicted molar refractivity (Wildman–Crippen MR) is 192 cm³/mol. The number of sulfonamides is 1. The summed E-state index contributed by atoms with van der Waals surface area (Å²) < 4.78 is 46.6. The van der Waals surface area contributed by atoms with Gasteiger partial charge in [-0.25, -0.2) is 17.9 Å². The second-order valence-electron chi connectivity index (χ2n) is 14.4. The minimum Gasteiger partial charge on any atom is -0.460 e. The number of amides is 1. The van der Waals surface area contributed by atoms with Crippen LogP contribution in [0.25, 0.3) is 0 Å². The van der Waals surface area contributed by atoms with Crippen molar-refractivity contribution in [2.75, 3.05) is 13.2 Å². The van der Waals surface area contributed by atoms with Gasteiger partial charge in [0.2, 0.25) is 10.0 Å². The van der Waals surface area contributed by atoms with E-state index in [1.165, 1.54) is 12.1 Å². The predicted octanol–water partition coefficient (Wildman–Crippen LogP) is 7.26. The Bertz CT molecular complexity index is 1520. The van der Waals surface area contributed by atoms with Crippen molar-refractivity contribution in [3.8, 4) is 0 Å². The summed E-state index contributed by atoms with van der Waals surface area (Å²) in [7, 11) is -6.36. The van der Waals surface area contributed by atoms with E-state index >= 15 is 0 Å². The van der Waals surface area contributed by atoms with E-state index in [1.54, 1.807) is 32.9 Å². The maximum atomic E-state index is 13.4. The van der Waals surface area contributed by atoms with Crippen LogP contribution in [0.2, 0.25) is 18.1 Å². The fraction of sp³-hybridized carbons (Fsp3) is 0.543. The second-order valence-corrected chi connectivity index (χ2v) is 20.9. The van der Waals surface area contributed by atoms with Gasteiger partial charge in [-0.3, -0.25) is 14.9 Å². The molecule has 272 valence electrons. The molecule has 2 N–H and O–H groups in total. The van der Waals surface area contributed by atoms with Crippen LogP contribution in [0.4, 0.5) is 10.5 Å². The van der Waals surface area contributed by atoms with Crippen LogP contribution >= 0.6 is 0 Å². The quantitative estimate of drug-likeness (QED) is 0.0403. The van der Waals surface area contributed by atoms with Gasteiger partial charge >= 0.3 is 12.1 Å². The van der Waals surface area contributed by atoms with Crippen LogP contribution in [0.1, 0.15) is 72.8 Å². The zero-order valence-electron chi connectivity index (χ0n) is 30.0. The topological polar surface area (TPSA) is 163 Å². The largest absolute Gasteiger partial charge is 0.460 e. The van der Waals surface area contributed by atoms with E-state index in [0.717, 1.165) is 17.7 Å². The summed E-state index contributed by atoms with van der Waals surface area (Å²) in [5.74, 6) is -1.16. The highest BCUT2D eigenvalue weighted by atomic mass is 32.2. The van der Waals surface area contributed by atoms with Crippen molar-refractivity contribution in [3.63, 3.8) is 0 Å². The molecule has 2 aromatic carbocycles. The average Bonchev–Trinajstić information content (AvgIpc) is 3.00. The average molecular weight is 720 g/mol. The molecule has 14 heteroatoms. The molecule has 2 rings (SSSR count). The number of esters is 1. The molecule has 49 heavy (non-hydrogen) atoms. The Morgan fingerprint density at radius 3 is 2.18 bits per heavy atom. The number of alkyl carbamates (subject to hydrolysis) is 1. The fourth-order valence-corrected chi connectivity index (χ4v) is 6.85. The molecule has 0 radical (unpaired) electrons. The third-order valence-corrected chi connectivity index (χ3v) is 14.1. The molecule has 1 amide bonds. The summed E-state index contributed by atoms with van der Waals surface area (Å²) >= 11 is 0. The number of hydrogen-bond donors (Lipinski definition) is 2. The zero-order chi connectivity index (χ0) is 36.9. The van der Waals surface area contributed by atoms with E-state index in [-0.39, 0.29) is 24.6 Å². The summed E-state index contributed by atoms with van der Waals surface area (Å²) in [4.78, 5) is 35.9. The van der Waals surface area contributed by atoms with E-state index in [1.807, 2.05) is 30.3 Å². The van der Waals surface area contributed by atoms with Crippen molar-refractivity contribution < 1.29 is 36.8 Å². The molecule has 0 fully saturated rings. The molecule has 0 aromatic heterocycles. The summed E-state index contributed by atoms with van der Waals surface area (Å²) in [5.41, 5.74) is -0.471. The number of rotatable bonds is 18. The van der Waals surface area contributed by atoms with Gasteiger partial charge in [-0.15, -0.1) is 0 Å². The van der Waals surface area contributed by atoms with Gasteiger partial charge in [-0.2, -0.15) is 0 Å². The Hall–Kier alpha value is -3.59. The molecular weight excluding hydrogens is 667 g/mol. The summed E-state index contributed by atoms with van der Waals surface area (Å²) in [6.45, 7) is 16.8. The molecule has 0 saturated carbocycles. The van der Waals surface area contributed by atoms with Crippen molar-refractivity contribution in [3.05, 3.63) is 82.4 Å². The van der Waals surface area contributed by atoms with Crippen LogP contribution in [-0.4, -0.2) is 58.5 Å². The number of nitrogens with zero attached hydrogens (tertiary/aromatic N) is 1. The Labute approximate surface area is 292 Å². The number of carbonyl (C=O) groups excluding carboxylic acids is 2. The van der Waals surface area contributed by atoms with Crippen molar-refractivity contribution in [2.24, 2.45) is 5.92 Å². The van der Waals surface area contributed by atoms with Crippen LogP contribution in [0, 0.1) is 16.0 Å². The van der Waals surface area contributed by atoms with Crippen molar-refractivity contribution in [1.82, 2.24) is 10.0 Å². The number of benzene rings is 2. The molecule has 2 aromatic rings. The summed E-state index contributed by atoms with van der Waals surface area (Å²) in [6, 6.07) is 13.4. The number of carbonyl (C=O) groups is 2. The van der Waals surface area contributed by atoms with E-state index in [4.69, 9.17) is 13.9 Å². The molecule has 0 saturated heterocycles. The minimum atomic E-state index is -4.36. The van der Waals surface area contributed by atoms with Gasteiger partial charge in [-0.05, 0) is 76.2 Å². The molecule has 0 unspecified atom stereocenters. The molecule has 0 spiro atoms. The SMILES string of the molecule is CC(C)(C)OC(=O)[C@@H](/C=C/[C@H](CCCNC(=O)OCc1ccccc1)NS(=O)(=O)c1ccccc1[N+](=O)[O-])CCCO[Si](C)(C)C(C)(C)C. The number of hydrogen-bond acceptors (Lipinski definition) is 9. The van der Waals surface area contributed by atoms with Gasteiger partial charge in [0.05, 0.1) is 10.8 Å². The van der Waals surface area contributed by atoms with Gasteiger partial charge < -0.3 is 19.2 Å². The zero-order valence-corrected chi connectivity index (χ0v) is 31.8. The highest BCUT2D eigenvalue weighted by Crippen LogP contribution is 2.36. The highest BCUT2D eigenvalue weighted by Gasteiger charge is 2.37. The van der Waals surface area contributed by atoms with Gasteiger partial charge in [-0.1, -0.05) is 75.4 Å². The third kappa shape index (κ3) is 14.8. The number of nitrogens with one attached hydrogen (secondary N) is 2. The lowest BCUT2D eigenvalue weighted by molar-refractivity contribution is -0.387.